The zero-order valence-corrected chi connectivity index (χ0v) is 24.3. The molecule has 0 saturated heterocycles. The number of carbonyl (C=O) groups is 4. The third-order valence-corrected chi connectivity index (χ3v) is 9.76. The summed E-state index contributed by atoms with van der Waals surface area (Å²) in [5.74, 6) is -1.26. The van der Waals surface area contributed by atoms with Crippen LogP contribution >= 0.6 is 0 Å². The first-order valence-corrected chi connectivity index (χ1v) is 16.0. The van der Waals surface area contributed by atoms with Gasteiger partial charge in [0.2, 0.25) is 0 Å². The van der Waals surface area contributed by atoms with Gasteiger partial charge in [-0.25, -0.2) is 0 Å². The molecule has 2 aromatic carbocycles. The number of nitrogens with zero attached hydrogens (tertiary/aromatic N) is 2. The number of carbonyl (C=O) groups excluding carboxylic acids is 4. The Morgan fingerprint density at radius 2 is 1.02 bits per heavy atom. The molecular weight excluding hydrogens is 516 g/mol. The number of imide groups is 2. The first kappa shape index (κ1) is 28.1. The normalized spacial score (nSPS) is 23.1. The largest absolute Gasteiger partial charge is 0.378 e. The van der Waals surface area contributed by atoms with Crippen LogP contribution in [0.1, 0.15) is 145 Å². The quantitative estimate of drug-likeness (QED) is 0.230. The zero-order chi connectivity index (χ0) is 28.5. The third kappa shape index (κ3) is 5.11. The van der Waals surface area contributed by atoms with Crippen molar-refractivity contribution in [3.8, 4) is 0 Å². The maximum Gasteiger partial charge on any atom is 0.261 e. The molecule has 0 N–H and O–H groups in total. The van der Waals surface area contributed by atoms with Gasteiger partial charge in [-0.05, 0) is 69.2 Å². The average Bonchev–Trinajstić information content (AvgIpc) is 2.99. The van der Waals surface area contributed by atoms with Crippen LogP contribution in [0.2, 0.25) is 0 Å². The van der Waals surface area contributed by atoms with E-state index < -0.39 is 0 Å². The molecule has 2 saturated carbocycles. The number of benzene rings is 2. The average molecular weight is 559 g/mol. The topological polar surface area (TPSA) is 84.0 Å². The van der Waals surface area contributed by atoms with E-state index >= 15 is 0 Å². The number of hydrogen-bond acceptors (Lipinski definition) is 5. The van der Waals surface area contributed by atoms with Crippen molar-refractivity contribution in [2.75, 3.05) is 6.61 Å². The van der Waals surface area contributed by atoms with Gasteiger partial charge in [0, 0.05) is 51.7 Å². The Labute approximate surface area is 242 Å². The van der Waals surface area contributed by atoms with Gasteiger partial charge >= 0.3 is 0 Å². The minimum atomic E-state index is -0.322. The van der Waals surface area contributed by atoms with Gasteiger partial charge in [-0.1, -0.05) is 58.3 Å². The molecule has 0 radical (unpaired) electrons. The maximum atomic E-state index is 13.8. The van der Waals surface area contributed by atoms with Gasteiger partial charge in [0.15, 0.2) is 0 Å². The van der Waals surface area contributed by atoms with Crippen LogP contribution in [0.4, 0.5) is 0 Å². The standard InChI is InChI=1S/C34H42N2O5/c1-2-3-4-5-6-10-21-41-24-15-13-23(14-16-24)36-33(39)27-19-17-25-29-26(18-20-28(30(27)29)34(36)40)32(38)35(31(25)37)22-11-8-7-9-12-22/h17-20,22-24H,2-16,21H2,1H3. The molecule has 0 bridgehead atoms. The van der Waals surface area contributed by atoms with Gasteiger partial charge in [0.05, 0.1) is 6.10 Å². The van der Waals surface area contributed by atoms with E-state index in [1.807, 2.05) is 0 Å². The Morgan fingerprint density at radius 1 is 0.585 bits per heavy atom. The van der Waals surface area contributed by atoms with Crippen LogP contribution in [0.25, 0.3) is 10.8 Å². The van der Waals surface area contributed by atoms with Crippen molar-refractivity contribution in [1.82, 2.24) is 9.80 Å². The minimum absolute atomic E-state index is 0.0946. The summed E-state index contributed by atoms with van der Waals surface area (Å²) in [5.41, 5.74) is 1.66. The summed E-state index contributed by atoms with van der Waals surface area (Å²) in [6.45, 7) is 3.00. The Hall–Kier alpha value is -3.06. The predicted octanol–water partition coefficient (Wildman–Crippen LogP) is 7.05. The lowest BCUT2D eigenvalue weighted by atomic mass is 9.83. The summed E-state index contributed by atoms with van der Waals surface area (Å²) in [5, 5.41) is 0.933. The van der Waals surface area contributed by atoms with E-state index in [0.717, 1.165) is 70.8 Å². The molecule has 2 aliphatic carbocycles. The molecule has 0 atom stereocenters. The molecule has 2 aromatic rings. The Balaban J connectivity index is 1.17. The molecule has 0 spiro atoms. The van der Waals surface area contributed by atoms with Gasteiger partial charge in [0.1, 0.15) is 0 Å². The van der Waals surface area contributed by atoms with Crippen molar-refractivity contribution in [3.05, 3.63) is 46.5 Å². The van der Waals surface area contributed by atoms with Crippen LogP contribution in [-0.4, -0.2) is 58.2 Å². The molecule has 6 rings (SSSR count). The van der Waals surface area contributed by atoms with E-state index in [0.29, 0.717) is 33.0 Å². The lowest BCUT2D eigenvalue weighted by molar-refractivity contribution is 0.00660. The van der Waals surface area contributed by atoms with Crippen molar-refractivity contribution in [3.63, 3.8) is 0 Å². The fourth-order valence-corrected chi connectivity index (χ4v) is 7.52. The van der Waals surface area contributed by atoms with E-state index in [4.69, 9.17) is 4.74 Å². The number of amides is 4. The molecular formula is C34H42N2O5. The van der Waals surface area contributed by atoms with Crippen molar-refractivity contribution < 1.29 is 23.9 Å². The first-order chi connectivity index (χ1) is 20.0. The lowest BCUT2D eigenvalue weighted by Gasteiger charge is -2.39. The van der Waals surface area contributed by atoms with Crippen molar-refractivity contribution in [2.45, 2.75) is 121 Å². The number of hydrogen-bond donors (Lipinski definition) is 0. The fourth-order valence-electron chi connectivity index (χ4n) is 7.52. The smallest absolute Gasteiger partial charge is 0.261 e. The molecule has 0 unspecified atom stereocenters. The summed E-state index contributed by atoms with van der Waals surface area (Å²) in [6, 6.07) is 6.49. The van der Waals surface area contributed by atoms with E-state index in [1.165, 1.54) is 41.9 Å². The highest BCUT2D eigenvalue weighted by Gasteiger charge is 2.43. The highest BCUT2D eigenvalue weighted by atomic mass is 16.5. The molecule has 2 fully saturated rings. The molecule has 218 valence electrons. The zero-order valence-electron chi connectivity index (χ0n) is 24.3. The van der Waals surface area contributed by atoms with Crippen molar-refractivity contribution >= 4 is 34.4 Å². The van der Waals surface area contributed by atoms with Gasteiger partial charge < -0.3 is 4.74 Å². The monoisotopic (exact) mass is 558 g/mol. The molecule has 4 amide bonds. The maximum absolute atomic E-state index is 13.8. The van der Waals surface area contributed by atoms with Gasteiger partial charge in [-0.15, -0.1) is 0 Å². The number of rotatable bonds is 10. The van der Waals surface area contributed by atoms with Crippen LogP contribution in [0, 0.1) is 0 Å². The van der Waals surface area contributed by atoms with E-state index in [-0.39, 0.29) is 41.8 Å². The third-order valence-electron chi connectivity index (χ3n) is 9.76. The second-order valence-electron chi connectivity index (χ2n) is 12.4. The van der Waals surface area contributed by atoms with Gasteiger partial charge in [-0.3, -0.25) is 29.0 Å². The van der Waals surface area contributed by atoms with Gasteiger partial charge in [0.25, 0.3) is 23.6 Å². The summed E-state index contributed by atoms with van der Waals surface area (Å²) >= 11 is 0. The summed E-state index contributed by atoms with van der Waals surface area (Å²) < 4.78 is 6.14. The molecule has 4 aliphatic rings. The number of ether oxygens (including phenoxy) is 1. The van der Waals surface area contributed by atoms with Crippen molar-refractivity contribution in [1.29, 1.82) is 0 Å². The van der Waals surface area contributed by atoms with E-state index in [9.17, 15) is 19.2 Å². The number of unbranched alkanes of at least 4 members (excludes halogenated alkanes) is 5. The van der Waals surface area contributed by atoms with Gasteiger partial charge in [-0.2, -0.15) is 0 Å². The Morgan fingerprint density at radius 3 is 1.51 bits per heavy atom. The van der Waals surface area contributed by atoms with Crippen LogP contribution < -0.4 is 0 Å². The summed E-state index contributed by atoms with van der Waals surface area (Å²) in [6.07, 6.45) is 15.5. The molecule has 2 heterocycles. The van der Waals surface area contributed by atoms with Crippen LogP contribution in [-0.2, 0) is 4.74 Å². The highest BCUT2D eigenvalue weighted by Crippen LogP contribution is 2.41. The van der Waals surface area contributed by atoms with E-state index in [1.54, 1.807) is 24.3 Å². The Bertz CT molecular complexity index is 1280. The predicted molar refractivity (Wildman–Crippen MR) is 157 cm³/mol. The fraction of sp³-hybridized carbons (Fsp3) is 0.588. The second-order valence-corrected chi connectivity index (χ2v) is 12.4. The summed E-state index contributed by atoms with van der Waals surface area (Å²) in [7, 11) is 0. The molecule has 2 aliphatic heterocycles. The SMILES string of the molecule is CCCCCCCCOC1CCC(N2C(=O)c3ccc4c5c(ccc(c35)C2=O)C(=O)N(C2CCCCC2)C4=O)CC1. The Kier molecular flexibility index (Phi) is 8.25. The first-order valence-electron chi connectivity index (χ1n) is 16.0. The summed E-state index contributed by atoms with van der Waals surface area (Å²) in [4.78, 5) is 57.7. The minimum Gasteiger partial charge on any atom is -0.378 e. The van der Waals surface area contributed by atoms with E-state index in [2.05, 4.69) is 6.92 Å². The molecule has 41 heavy (non-hydrogen) atoms. The van der Waals surface area contributed by atoms with Crippen LogP contribution in [0.5, 0.6) is 0 Å². The lowest BCUT2D eigenvalue weighted by Crippen LogP contribution is -2.50. The molecule has 7 heteroatoms. The van der Waals surface area contributed by atoms with Crippen molar-refractivity contribution in [2.24, 2.45) is 0 Å². The van der Waals surface area contributed by atoms with Crippen LogP contribution in [0.3, 0.4) is 0 Å². The molecule has 7 nitrogen and oxygen atoms in total. The highest BCUT2D eigenvalue weighted by molar-refractivity contribution is 6.33. The second kappa shape index (κ2) is 12.0. The molecule has 0 aromatic heterocycles. The van der Waals surface area contributed by atoms with Crippen LogP contribution in [0.15, 0.2) is 24.3 Å².